The van der Waals surface area contributed by atoms with Gasteiger partial charge in [-0.05, 0) is 31.3 Å². The minimum absolute atomic E-state index is 0.0138. The van der Waals surface area contributed by atoms with E-state index in [0.29, 0.717) is 13.0 Å². The first kappa shape index (κ1) is 15.3. The largest absolute Gasteiger partial charge is 0.349 e. The number of hydrogen-bond donors (Lipinski definition) is 2. The molecule has 110 valence electrons. The van der Waals surface area contributed by atoms with Crippen LogP contribution >= 0.6 is 23.1 Å². The molecule has 0 saturated heterocycles. The van der Waals surface area contributed by atoms with Gasteiger partial charge in [0.2, 0.25) is 11.8 Å². The SMILES string of the molecule is CSCC[C@H](NC(=O)C1CC1)C(=O)NCc1cscn1. The number of hydrogen-bond acceptors (Lipinski definition) is 5. The predicted octanol–water partition coefficient (Wildman–Crippen LogP) is 1.41. The summed E-state index contributed by atoms with van der Waals surface area (Å²) in [6.45, 7) is 0.414. The molecule has 2 N–H and O–H groups in total. The average molecular weight is 313 g/mol. The minimum atomic E-state index is -0.436. The van der Waals surface area contributed by atoms with E-state index in [-0.39, 0.29) is 17.7 Å². The number of amides is 2. The van der Waals surface area contributed by atoms with E-state index >= 15 is 0 Å². The molecule has 5 nitrogen and oxygen atoms in total. The van der Waals surface area contributed by atoms with Crippen LogP contribution in [0.1, 0.15) is 25.0 Å². The number of carbonyl (C=O) groups is 2. The highest BCUT2D eigenvalue weighted by Gasteiger charge is 2.32. The summed E-state index contributed by atoms with van der Waals surface area (Å²) in [5.74, 6) is 0.860. The van der Waals surface area contributed by atoms with Crippen molar-refractivity contribution < 1.29 is 9.59 Å². The zero-order valence-electron chi connectivity index (χ0n) is 11.4. The van der Waals surface area contributed by atoms with Gasteiger partial charge in [0, 0.05) is 11.3 Å². The molecule has 1 aromatic heterocycles. The molecule has 2 amide bonds. The molecule has 1 fully saturated rings. The monoisotopic (exact) mass is 313 g/mol. The van der Waals surface area contributed by atoms with E-state index < -0.39 is 6.04 Å². The van der Waals surface area contributed by atoms with Crippen LogP contribution in [0.25, 0.3) is 0 Å². The van der Waals surface area contributed by atoms with Crippen LogP contribution < -0.4 is 10.6 Å². The van der Waals surface area contributed by atoms with Crippen LogP contribution in [-0.2, 0) is 16.1 Å². The first-order valence-electron chi connectivity index (χ1n) is 6.64. The molecule has 20 heavy (non-hydrogen) atoms. The molecule has 0 aromatic carbocycles. The lowest BCUT2D eigenvalue weighted by molar-refractivity contribution is -0.129. The molecule has 0 aliphatic heterocycles. The fourth-order valence-electron chi connectivity index (χ4n) is 1.77. The fourth-order valence-corrected chi connectivity index (χ4v) is 2.80. The number of nitrogens with zero attached hydrogens (tertiary/aromatic N) is 1. The van der Waals surface area contributed by atoms with E-state index in [4.69, 9.17) is 0 Å². The van der Waals surface area contributed by atoms with Gasteiger partial charge in [-0.1, -0.05) is 0 Å². The topological polar surface area (TPSA) is 71.1 Å². The summed E-state index contributed by atoms with van der Waals surface area (Å²) >= 11 is 3.17. The smallest absolute Gasteiger partial charge is 0.242 e. The van der Waals surface area contributed by atoms with Crippen LogP contribution in [0.4, 0.5) is 0 Å². The Kier molecular flexibility index (Phi) is 5.85. The van der Waals surface area contributed by atoms with Gasteiger partial charge in [0.05, 0.1) is 17.7 Å². The van der Waals surface area contributed by atoms with E-state index in [9.17, 15) is 9.59 Å². The molecule has 2 rings (SSSR count). The van der Waals surface area contributed by atoms with Crippen LogP contribution in [0.5, 0.6) is 0 Å². The third-order valence-corrected chi connectivity index (χ3v) is 4.40. The molecule has 1 atom stereocenters. The van der Waals surface area contributed by atoms with Gasteiger partial charge in [0.25, 0.3) is 0 Å². The Balaban J connectivity index is 1.83. The van der Waals surface area contributed by atoms with E-state index in [1.54, 1.807) is 17.3 Å². The number of aromatic nitrogens is 1. The normalized spacial score (nSPS) is 15.7. The second-order valence-electron chi connectivity index (χ2n) is 4.81. The summed E-state index contributed by atoms with van der Waals surface area (Å²) in [5, 5.41) is 7.60. The molecule has 1 saturated carbocycles. The van der Waals surface area contributed by atoms with E-state index in [2.05, 4.69) is 15.6 Å². The van der Waals surface area contributed by atoms with Crippen molar-refractivity contribution in [3.8, 4) is 0 Å². The third kappa shape index (κ3) is 4.79. The van der Waals surface area contributed by atoms with Gasteiger partial charge in [-0.15, -0.1) is 11.3 Å². The summed E-state index contributed by atoms with van der Waals surface area (Å²) in [7, 11) is 0. The van der Waals surface area contributed by atoms with E-state index in [0.717, 1.165) is 24.3 Å². The number of thiazole rings is 1. The van der Waals surface area contributed by atoms with Crippen molar-refractivity contribution in [2.45, 2.75) is 31.8 Å². The summed E-state index contributed by atoms with van der Waals surface area (Å²) in [4.78, 5) is 28.1. The Morgan fingerprint density at radius 1 is 1.55 bits per heavy atom. The van der Waals surface area contributed by atoms with Crippen molar-refractivity contribution in [3.05, 3.63) is 16.6 Å². The Hall–Kier alpha value is -1.08. The van der Waals surface area contributed by atoms with Gasteiger partial charge in [-0.3, -0.25) is 9.59 Å². The molecule has 0 radical (unpaired) electrons. The van der Waals surface area contributed by atoms with Crippen LogP contribution in [0.15, 0.2) is 10.9 Å². The van der Waals surface area contributed by atoms with Crippen molar-refractivity contribution >= 4 is 34.9 Å². The van der Waals surface area contributed by atoms with Crippen LogP contribution in [0, 0.1) is 5.92 Å². The van der Waals surface area contributed by atoms with Crippen LogP contribution in [-0.4, -0.2) is 34.8 Å². The average Bonchev–Trinajstić information content (AvgIpc) is 3.17. The van der Waals surface area contributed by atoms with Crippen molar-refractivity contribution in [1.29, 1.82) is 0 Å². The Bertz CT molecular complexity index is 446. The zero-order chi connectivity index (χ0) is 14.4. The first-order chi connectivity index (χ1) is 9.70. The number of nitrogens with one attached hydrogen (secondary N) is 2. The van der Waals surface area contributed by atoms with Crippen LogP contribution in [0.3, 0.4) is 0 Å². The Labute approximate surface area is 126 Å². The molecular weight excluding hydrogens is 294 g/mol. The lowest BCUT2D eigenvalue weighted by Gasteiger charge is -2.17. The van der Waals surface area contributed by atoms with Gasteiger partial charge in [-0.25, -0.2) is 4.98 Å². The van der Waals surface area contributed by atoms with E-state index in [1.807, 2.05) is 11.6 Å². The van der Waals surface area contributed by atoms with Crippen molar-refractivity contribution in [3.63, 3.8) is 0 Å². The number of carbonyl (C=O) groups excluding carboxylic acids is 2. The van der Waals surface area contributed by atoms with Gasteiger partial charge in [-0.2, -0.15) is 11.8 Å². The third-order valence-electron chi connectivity index (χ3n) is 3.12. The number of rotatable bonds is 8. The molecule has 1 aliphatic rings. The lowest BCUT2D eigenvalue weighted by atomic mass is 10.2. The second-order valence-corrected chi connectivity index (χ2v) is 6.52. The maximum Gasteiger partial charge on any atom is 0.242 e. The zero-order valence-corrected chi connectivity index (χ0v) is 13.1. The summed E-state index contributed by atoms with van der Waals surface area (Å²) in [6.07, 6.45) is 4.54. The maximum absolute atomic E-state index is 12.2. The standard InChI is InChI=1S/C13H19N3O2S2/c1-19-5-4-11(16-12(17)9-2-3-9)13(18)14-6-10-7-20-8-15-10/h7-9,11H,2-6H2,1H3,(H,14,18)(H,16,17)/t11-/m0/s1. The predicted molar refractivity (Wildman–Crippen MR) is 81.6 cm³/mol. The van der Waals surface area contributed by atoms with Gasteiger partial charge >= 0.3 is 0 Å². The molecule has 7 heteroatoms. The molecule has 1 heterocycles. The second kappa shape index (κ2) is 7.64. The van der Waals surface area contributed by atoms with Gasteiger partial charge in [0.1, 0.15) is 6.04 Å². The fraction of sp³-hybridized carbons (Fsp3) is 0.615. The highest BCUT2D eigenvalue weighted by atomic mass is 32.2. The van der Waals surface area contributed by atoms with Gasteiger partial charge < -0.3 is 10.6 Å². The minimum Gasteiger partial charge on any atom is -0.349 e. The first-order valence-corrected chi connectivity index (χ1v) is 8.98. The Morgan fingerprint density at radius 2 is 2.35 bits per heavy atom. The van der Waals surface area contributed by atoms with Crippen molar-refractivity contribution in [2.75, 3.05) is 12.0 Å². The highest BCUT2D eigenvalue weighted by Crippen LogP contribution is 2.29. The quantitative estimate of drug-likeness (QED) is 0.761. The lowest BCUT2D eigenvalue weighted by Crippen LogP contribution is -2.47. The summed E-state index contributed by atoms with van der Waals surface area (Å²) < 4.78 is 0. The maximum atomic E-state index is 12.2. The summed E-state index contributed by atoms with van der Waals surface area (Å²) in [6, 6.07) is -0.436. The highest BCUT2D eigenvalue weighted by molar-refractivity contribution is 7.98. The van der Waals surface area contributed by atoms with E-state index in [1.165, 1.54) is 11.3 Å². The number of thioether (sulfide) groups is 1. The van der Waals surface area contributed by atoms with Crippen molar-refractivity contribution in [1.82, 2.24) is 15.6 Å². The summed E-state index contributed by atoms with van der Waals surface area (Å²) in [5.41, 5.74) is 2.59. The molecule has 1 aliphatic carbocycles. The molecule has 0 unspecified atom stereocenters. The molecule has 0 spiro atoms. The molecule has 0 bridgehead atoms. The van der Waals surface area contributed by atoms with Crippen LogP contribution in [0.2, 0.25) is 0 Å². The molecule has 1 aromatic rings. The van der Waals surface area contributed by atoms with Gasteiger partial charge in [0.15, 0.2) is 0 Å². The Morgan fingerprint density at radius 3 is 2.95 bits per heavy atom. The molecular formula is C13H19N3O2S2. The van der Waals surface area contributed by atoms with Crippen molar-refractivity contribution in [2.24, 2.45) is 5.92 Å².